The number of ether oxygens (including phenoxy) is 2. The van der Waals surface area contributed by atoms with Crippen LogP contribution in [0.15, 0.2) is 12.5 Å². The van der Waals surface area contributed by atoms with Crippen LogP contribution in [0.25, 0.3) is 0 Å². The number of imidazole rings is 1. The van der Waals surface area contributed by atoms with Crippen molar-refractivity contribution in [1.82, 2.24) is 19.4 Å². The summed E-state index contributed by atoms with van der Waals surface area (Å²) in [7, 11) is 1.40. The highest BCUT2D eigenvalue weighted by atomic mass is 16.6. The smallest absolute Gasteiger partial charge is 0.410 e. The van der Waals surface area contributed by atoms with E-state index in [9.17, 15) is 14.4 Å². The summed E-state index contributed by atoms with van der Waals surface area (Å²) in [5.74, 6) is 0.597. The number of piperidine rings is 2. The first-order valence-electron chi connectivity index (χ1n) is 11.7. The Kier molecular flexibility index (Phi) is 8.34. The number of aromatic nitrogens is 2. The van der Waals surface area contributed by atoms with Gasteiger partial charge < -0.3 is 24.3 Å². The van der Waals surface area contributed by atoms with Crippen LogP contribution in [0.5, 0.6) is 0 Å². The Morgan fingerprint density at radius 3 is 2.36 bits per heavy atom. The van der Waals surface area contributed by atoms with Crippen molar-refractivity contribution in [3.8, 4) is 0 Å². The van der Waals surface area contributed by atoms with Crippen LogP contribution >= 0.6 is 0 Å². The van der Waals surface area contributed by atoms with Gasteiger partial charge in [0.15, 0.2) is 5.82 Å². The standard InChI is InChI=1S/C23H37N5O5/c1-23(2,3)33-22(31)27-11-7-18(8-12-27)28-14-19(24-16-28)25-20(29)13-17-5-9-26(10-6-17)15-21(30)32-4/h14,16-18H,5-13,15H2,1-4H3,(H,25,29). The Morgan fingerprint density at radius 2 is 1.76 bits per heavy atom. The predicted molar refractivity (Wildman–Crippen MR) is 123 cm³/mol. The van der Waals surface area contributed by atoms with Gasteiger partial charge in [-0.15, -0.1) is 0 Å². The van der Waals surface area contributed by atoms with E-state index in [-0.39, 0.29) is 24.0 Å². The fourth-order valence-corrected chi connectivity index (χ4v) is 4.33. The first kappa shape index (κ1) is 25.0. The van der Waals surface area contributed by atoms with Gasteiger partial charge in [-0.1, -0.05) is 0 Å². The van der Waals surface area contributed by atoms with E-state index in [1.54, 1.807) is 11.2 Å². The minimum Gasteiger partial charge on any atom is -0.468 e. The van der Waals surface area contributed by atoms with Gasteiger partial charge in [-0.2, -0.15) is 0 Å². The molecule has 10 nitrogen and oxygen atoms in total. The van der Waals surface area contributed by atoms with Gasteiger partial charge in [-0.25, -0.2) is 9.78 Å². The van der Waals surface area contributed by atoms with Crippen molar-refractivity contribution >= 4 is 23.8 Å². The molecule has 0 bridgehead atoms. The Balaban J connectivity index is 1.40. The molecule has 1 aromatic heterocycles. The molecule has 0 spiro atoms. The fraction of sp³-hybridized carbons (Fsp3) is 0.739. The highest BCUT2D eigenvalue weighted by Gasteiger charge is 2.28. The molecule has 0 unspecified atom stereocenters. The summed E-state index contributed by atoms with van der Waals surface area (Å²) in [6, 6.07) is 0.237. The quantitative estimate of drug-likeness (QED) is 0.647. The maximum atomic E-state index is 12.5. The van der Waals surface area contributed by atoms with Crippen molar-refractivity contribution in [1.29, 1.82) is 0 Å². The van der Waals surface area contributed by atoms with Crippen LogP contribution in [0.4, 0.5) is 10.6 Å². The summed E-state index contributed by atoms with van der Waals surface area (Å²) in [5.41, 5.74) is -0.495. The van der Waals surface area contributed by atoms with E-state index in [1.165, 1.54) is 7.11 Å². The lowest BCUT2D eigenvalue weighted by Crippen LogP contribution is -2.42. The van der Waals surface area contributed by atoms with Gasteiger partial charge in [0, 0.05) is 31.7 Å². The maximum Gasteiger partial charge on any atom is 0.410 e. The minimum absolute atomic E-state index is 0.0357. The lowest BCUT2D eigenvalue weighted by atomic mass is 9.93. The van der Waals surface area contributed by atoms with Gasteiger partial charge in [-0.05, 0) is 65.5 Å². The second-order valence-corrected chi connectivity index (χ2v) is 9.95. The number of nitrogens with one attached hydrogen (secondary N) is 1. The Labute approximate surface area is 195 Å². The number of carbonyl (C=O) groups is 3. The molecule has 0 aromatic carbocycles. The fourth-order valence-electron chi connectivity index (χ4n) is 4.33. The van der Waals surface area contributed by atoms with Crippen LogP contribution in [0.1, 0.15) is 58.9 Å². The summed E-state index contributed by atoms with van der Waals surface area (Å²) < 4.78 is 12.2. The number of hydrogen-bond acceptors (Lipinski definition) is 7. The number of hydrogen-bond donors (Lipinski definition) is 1. The van der Waals surface area contributed by atoms with E-state index >= 15 is 0 Å². The van der Waals surface area contributed by atoms with Crippen LogP contribution in [0.2, 0.25) is 0 Å². The molecule has 10 heteroatoms. The molecule has 2 aliphatic heterocycles. The Bertz CT molecular complexity index is 817. The van der Waals surface area contributed by atoms with Gasteiger partial charge in [0.05, 0.1) is 20.0 Å². The number of likely N-dealkylation sites (tertiary alicyclic amines) is 2. The Morgan fingerprint density at radius 1 is 1.09 bits per heavy atom. The maximum absolute atomic E-state index is 12.5. The van der Waals surface area contributed by atoms with E-state index in [4.69, 9.17) is 9.47 Å². The monoisotopic (exact) mass is 463 g/mol. The lowest BCUT2D eigenvalue weighted by molar-refractivity contribution is -0.142. The second-order valence-electron chi connectivity index (χ2n) is 9.95. The molecule has 0 aliphatic carbocycles. The molecule has 1 aromatic rings. The highest BCUT2D eigenvalue weighted by molar-refractivity contribution is 5.89. The summed E-state index contributed by atoms with van der Waals surface area (Å²) in [5, 5.41) is 2.91. The number of esters is 1. The normalized spacial score (nSPS) is 18.7. The third kappa shape index (κ3) is 7.73. The third-order valence-corrected chi connectivity index (χ3v) is 6.17. The van der Waals surface area contributed by atoms with Crippen LogP contribution < -0.4 is 5.32 Å². The number of amides is 2. The zero-order valence-electron chi connectivity index (χ0n) is 20.2. The molecule has 0 atom stereocenters. The minimum atomic E-state index is -0.495. The van der Waals surface area contributed by atoms with Crippen molar-refractivity contribution in [3.63, 3.8) is 0 Å². The highest BCUT2D eigenvalue weighted by Crippen LogP contribution is 2.25. The van der Waals surface area contributed by atoms with Crippen LogP contribution in [0, 0.1) is 5.92 Å². The van der Waals surface area contributed by atoms with Crippen molar-refractivity contribution < 1.29 is 23.9 Å². The summed E-state index contributed by atoms with van der Waals surface area (Å²) in [6.07, 6.45) is 7.19. The molecule has 2 fully saturated rings. The largest absolute Gasteiger partial charge is 0.468 e. The molecule has 3 rings (SSSR count). The molecular weight excluding hydrogens is 426 g/mol. The summed E-state index contributed by atoms with van der Waals surface area (Å²) >= 11 is 0. The van der Waals surface area contributed by atoms with Crippen molar-refractivity contribution in [2.45, 2.75) is 64.5 Å². The number of carbonyl (C=O) groups excluding carboxylic acids is 3. The van der Waals surface area contributed by atoms with E-state index in [2.05, 4.69) is 15.2 Å². The van der Waals surface area contributed by atoms with Crippen LogP contribution in [0.3, 0.4) is 0 Å². The molecule has 2 saturated heterocycles. The first-order chi connectivity index (χ1) is 15.6. The molecular formula is C23H37N5O5. The average Bonchev–Trinajstić information content (AvgIpc) is 3.22. The number of anilines is 1. The van der Waals surface area contributed by atoms with Crippen molar-refractivity contribution in [3.05, 3.63) is 12.5 Å². The predicted octanol–water partition coefficient (Wildman–Crippen LogP) is 2.67. The molecule has 2 amide bonds. The lowest BCUT2D eigenvalue weighted by Gasteiger charge is -2.33. The molecule has 0 saturated carbocycles. The topological polar surface area (TPSA) is 106 Å². The zero-order valence-corrected chi connectivity index (χ0v) is 20.2. The summed E-state index contributed by atoms with van der Waals surface area (Å²) in [4.78, 5) is 44.3. The zero-order chi connectivity index (χ0) is 24.0. The van der Waals surface area contributed by atoms with Gasteiger partial charge in [0.25, 0.3) is 0 Å². The van der Waals surface area contributed by atoms with Gasteiger partial charge in [0.2, 0.25) is 5.91 Å². The molecule has 2 aliphatic rings. The Hall–Kier alpha value is -2.62. The van der Waals surface area contributed by atoms with E-state index in [0.717, 1.165) is 38.8 Å². The average molecular weight is 464 g/mol. The number of rotatable bonds is 6. The molecule has 184 valence electrons. The molecule has 33 heavy (non-hydrogen) atoms. The van der Waals surface area contributed by atoms with Gasteiger partial charge in [0.1, 0.15) is 5.60 Å². The van der Waals surface area contributed by atoms with Gasteiger partial charge in [-0.3, -0.25) is 14.5 Å². The van der Waals surface area contributed by atoms with Crippen molar-refractivity contribution in [2.24, 2.45) is 5.92 Å². The van der Waals surface area contributed by atoms with E-state index < -0.39 is 5.60 Å². The number of methoxy groups -OCH3 is 1. The molecule has 1 N–H and O–H groups in total. The van der Waals surface area contributed by atoms with Crippen molar-refractivity contribution in [2.75, 3.05) is 45.2 Å². The number of nitrogens with zero attached hydrogens (tertiary/aromatic N) is 4. The second kappa shape index (κ2) is 11.0. The SMILES string of the molecule is COC(=O)CN1CCC(CC(=O)Nc2cn(C3CCN(C(=O)OC(C)(C)C)CC3)cn2)CC1. The van der Waals surface area contributed by atoms with Gasteiger partial charge >= 0.3 is 12.1 Å². The van der Waals surface area contributed by atoms with Crippen LogP contribution in [-0.4, -0.2) is 82.8 Å². The summed E-state index contributed by atoms with van der Waals surface area (Å²) in [6.45, 7) is 8.77. The molecule has 3 heterocycles. The molecule has 0 radical (unpaired) electrons. The van der Waals surface area contributed by atoms with Crippen LogP contribution in [-0.2, 0) is 19.1 Å². The van der Waals surface area contributed by atoms with E-state index in [1.807, 2.05) is 31.5 Å². The first-order valence-corrected chi connectivity index (χ1v) is 11.7. The van der Waals surface area contributed by atoms with E-state index in [0.29, 0.717) is 37.8 Å². The third-order valence-electron chi connectivity index (χ3n) is 6.17.